The highest BCUT2D eigenvalue weighted by atomic mass is 28.4. The molecule has 0 bridgehead atoms. The first kappa shape index (κ1) is 14.6. The average molecular weight is 234 g/mol. The zero-order valence-corrected chi connectivity index (χ0v) is 11.3. The fourth-order valence-electron chi connectivity index (χ4n) is 1.62. The summed E-state index contributed by atoms with van der Waals surface area (Å²) in [5.41, 5.74) is 0. The van der Waals surface area contributed by atoms with Crippen LogP contribution in [0.15, 0.2) is 0 Å². The maximum atomic E-state index is 10.8. The lowest BCUT2D eigenvalue weighted by Crippen LogP contribution is -2.42. The Morgan fingerprint density at radius 2 is 1.73 bits per heavy atom. The summed E-state index contributed by atoms with van der Waals surface area (Å²) in [6.07, 6.45) is -0.141. The van der Waals surface area contributed by atoms with Crippen molar-refractivity contribution in [3.8, 4) is 0 Å². The topological polar surface area (TPSA) is 44.8 Å². The predicted molar refractivity (Wildman–Crippen MR) is 60.9 cm³/mol. The number of hydrogen-bond donors (Lipinski definition) is 0. The summed E-state index contributed by atoms with van der Waals surface area (Å²) in [6.45, 7) is 10.4. The van der Waals surface area contributed by atoms with Crippen molar-refractivity contribution in [3.63, 3.8) is 0 Å². The van der Waals surface area contributed by atoms with Gasteiger partial charge in [-0.05, 0) is 27.3 Å². The molecule has 0 aliphatic carbocycles. The standard InChI is InChI=1S/C10H22O4Si/c1-6-12-15(5,13-7-2)8-9(3)14-10(4)11/h9H,6-8H2,1-5H3. The minimum atomic E-state index is -2.16. The van der Waals surface area contributed by atoms with Crippen molar-refractivity contribution < 1.29 is 18.4 Å². The van der Waals surface area contributed by atoms with Crippen molar-refractivity contribution in [3.05, 3.63) is 0 Å². The summed E-state index contributed by atoms with van der Waals surface area (Å²) < 4.78 is 16.4. The first-order valence-corrected chi connectivity index (χ1v) is 7.91. The predicted octanol–water partition coefficient (Wildman–Crippen LogP) is 2.08. The lowest BCUT2D eigenvalue weighted by atomic mass is 10.5. The minimum absolute atomic E-state index is 0.141. The van der Waals surface area contributed by atoms with Gasteiger partial charge in [0.1, 0.15) is 6.10 Å². The molecule has 0 heterocycles. The molecule has 0 radical (unpaired) electrons. The second-order valence-corrected chi connectivity index (χ2v) is 6.88. The van der Waals surface area contributed by atoms with Crippen LogP contribution in [0.4, 0.5) is 0 Å². The van der Waals surface area contributed by atoms with Gasteiger partial charge in [-0.15, -0.1) is 0 Å². The maximum Gasteiger partial charge on any atom is 0.338 e. The van der Waals surface area contributed by atoms with E-state index >= 15 is 0 Å². The molecule has 0 saturated carbocycles. The van der Waals surface area contributed by atoms with E-state index in [1.807, 2.05) is 27.3 Å². The summed E-state index contributed by atoms with van der Waals surface area (Å²) in [7, 11) is -2.16. The molecule has 0 aromatic carbocycles. The number of carbonyl (C=O) groups excluding carboxylic acids is 1. The number of rotatable bonds is 7. The minimum Gasteiger partial charge on any atom is -0.463 e. The molecule has 0 N–H and O–H groups in total. The monoisotopic (exact) mass is 234 g/mol. The fraction of sp³-hybridized carbons (Fsp3) is 0.900. The zero-order valence-electron chi connectivity index (χ0n) is 10.3. The summed E-state index contributed by atoms with van der Waals surface area (Å²) in [6, 6.07) is 0.675. The summed E-state index contributed by atoms with van der Waals surface area (Å²) in [5.74, 6) is -0.258. The molecule has 0 fully saturated rings. The van der Waals surface area contributed by atoms with E-state index in [4.69, 9.17) is 13.6 Å². The van der Waals surface area contributed by atoms with Crippen molar-refractivity contribution in [1.82, 2.24) is 0 Å². The number of carbonyl (C=O) groups is 1. The van der Waals surface area contributed by atoms with Crippen LogP contribution in [0, 0.1) is 0 Å². The van der Waals surface area contributed by atoms with Gasteiger partial charge in [-0.3, -0.25) is 4.79 Å². The van der Waals surface area contributed by atoms with Gasteiger partial charge in [0.05, 0.1) is 0 Å². The Labute approximate surface area is 93.2 Å². The average Bonchev–Trinajstić information content (AvgIpc) is 2.01. The third kappa shape index (κ3) is 6.65. The Morgan fingerprint density at radius 1 is 1.27 bits per heavy atom. The van der Waals surface area contributed by atoms with Crippen molar-refractivity contribution in [2.24, 2.45) is 0 Å². The lowest BCUT2D eigenvalue weighted by molar-refractivity contribution is -0.144. The van der Waals surface area contributed by atoms with Gasteiger partial charge in [0.15, 0.2) is 0 Å². The van der Waals surface area contributed by atoms with E-state index in [0.717, 1.165) is 0 Å². The van der Waals surface area contributed by atoms with Crippen molar-refractivity contribution >= 4 is 14.5 Å². The van der Waals surface area contributed by atoms with Gasteiger partial charge in [0.25, 0.3) is 0 Å². The molecule has 90 valence electrons. The highest BCUT2D eigenvalue weighted by Gasteiger charge is 2.33. The normalized spacial score (nSPS) is 13.7. The van der Waals surface area contributed by atoms with Gasteiger partial charge in [-0.1, -0.05) is 0 Å². The molecule has 0 amide bonds. The van der Waals surface area contributed by atoms with Gasteiger partial charge in [-0.25, -0.2) is 0 Å². The van der Waals surface area contributed by atoms with E-state index < -0.39 is 8.56 Å². The molecule has 1 atom stereocenters. The highest BCUT2D eigenvalue weighted by molar-refractivity contribution is 6.66. The molecule has 15 heavy (non-hydrogen) atoms. The van der Waals surface area contributed by atoms with Crippen LogP contribution < -0.4 is 0 Å². The van der Waals surface area contributed by atoms with E-state index in [-0.39, 0.29) is 12.1 Å². The second kappa shape index (κ2) is 6.98. The molecule has 4 nitrogen and oxygen atoms in total. The number of ether oxygens (including phenoxy) is 1. The van der Waals surface area contributed by atoms with Crippen molar-refractivity contribution in [2.75, 3.05) is 13.2 Å². The zero-order chi connectivity index (χ0) is 11.9. The van der Waals surface area contributed by atoms with Crippen LogP contribution in [-0.4, -0.2) is 33.8 Å². The fourth-order valence-corrected chi connectivity index (χ4v) is 4.29. The smallest absolute Gasteiger partial charge is 0.338 e. The van der Waals surface area contributed by atoms with Crippen LogP contribution in [0.1, 0.15) is 27.7 Å². The summed E-state index contributed by atoms with van der Waals surface area (Å²) >= 11 is 0. The molecule has 0 aromatic rings. The van der Waals surface area contributed by atoms with E-state index in [2.05, 4.69) is 0 Å². The van der Waals surface area contributed by atoms with Crippen LogP contribution in [0.25, 0.3) is 0 Å². The van der Waals surface area contributed by atoms with Gasteiger partial charge in [0.2, 0.25) is 0 Å². The second-order valence-electron chi connectivity index (χ2n) is 3.62. The Balaban J connectivity index is 4.19. The lowest BCUT2D eigenvalue weighted by Gasteiger charge is -2.28. The van der Waals surface area contributed by atoms with E-state index in [1.54, 1.807) is 0 Å². The van der Waals surface area contributed by atoms with Gasteiger partial charge in [-0.2, -0.15) is 0 Å². The van der Waals surface area contributed by atoms with E-state index in [0.29, 0.717) is 19.3 Å². The largest absolute Gasteiger partial charge is 0.463 e. The van der Waals surface area contributed by atoms with Gasteiger partial charge >= 0.3 is 14.5 Å². The molecule has 0 aliphatic heterocycles. The van der Waals surface area contributed by atoms with Crippen LogP contribution in [0.2, 0.25) is 12.6 Å². The first-order valence-electron chi connectivity index (χ1n) is 5.38. The third-order valence-corrected chi connectivity index (χ3v) is 5.04. The Kier molecular flexibility index (Phi) is 6.79. The summed E-state index contributed by atoms with van der Waals surface area (Å²) in [5, 5.41) is 0. The number of esters is 1. The maximum absolute atomic E-state index is 10.8. The van der Waals surface area contributed by atoms with Crippen molar-refractivity contribution in [1.29, 1.82) is 0 Å². The van der Waals surface area contributed by atoms with Crippen molar-refractivity contribution in [2.45, 2.75) is 46.4 Å². The quantitative estimate of drug-likeness (QED) is 0.500. The third-order valence-electron chi connectivity index (χ3n) is 1.92. The Bertz CT molecular complexity index is 190. The molecule has 0 rings (SSSR count). The molecule has 0 spiro atoms. The van der Waals surface area contributed by atoms with Crippen LogP contribution in [0.3, 0.4) is 0 Å². The summed E-state index contributed by atoms with van der Waals surface area (Å²) in [4.78, 5) is 10.8. The molecule has 5 heteroatoms. The Morgan fingerprint density at radius 3 is 2.07 bits per heavy atom. The van der Waals surface area contributed by atoms with E-state index in [1.165, 1.54) is 6.92 Å². The highest BCUT2D eigenvalue weighted by Crippen LogP contribution is 2.17. The molecule has 0 aliphatic rings. The van der Waals surface area contributed by atoms with Crippen LogP contribution in [0.5, 0.6) is 0 Å². The molecule has 0 saturated heterocycles. The molecular formula is C10H22O4Si. The van der Waals surface area contributed by atoms with E-state index in [9.17, 15) is 4.79 Å². The van der Waals surface area contributed by atoms with Crippen LogP contribution in [-0.2, 0) is 18.4 Å². The molecule has 1 unspecified atom stereocenters. The van der Waals surface area contributed by atoms with Gasteiger partial charge in [0, 0.05) is 26.2 Å². The van der Waals surface area contributed by atoms with Gasteiger partial charge < -0.3 is 13.6 Å². The first-order chi connectivity index (χ1) is 6.93. The SMILES string of the molecule is CCO[Si](C)(CC(C)OC(C)=O)OCC. The van der Waals surface area contributed by atoms with Crippen LogP contribution >= 0.6 is 0 Å². The molecule has 0 aromatic heterocycles. The Hall–Kier alpha value is -0.393. The molecular weight excluding hydrogens is 212 g/mol. The number of hydrogen-bond acceptors (Lipinski definition) is 4.